The summed E-state index contributed by atoms with van der Waals surface area (Å²) in [4.78, 5) is 14.4. The summed E-state index contributed by atoms with van der Waals surface area (Å²) in [7, 11) is 5.74. The summed E-state index contributed by atoms with van der Waals surface area (Å²) in [5.74, 6) is -0.123. The van der Waals surface area contributed by atoms with Crippen LogP contribution in [0.2, 0.25) is 0 Å². The van der Waals surface area contributed by atoms with Gasteiger partial charge in [-0.3, -0.25) is 9.48 Å². The molecule has 0 saturated heterocycles. The number of anilines is 2. The van der Waals surface area contributed by atoms with Gasteiger partial charge in [-0.15, -0.1) is 0 Å². The van der Waals surface area contributed by atoms with Gasteiger partial charge in [0, 0.05) is 26.8 Å². The molecule has 0 aliphatic heterocycles. The SMILES string of the molecule is Cc1nn(C)c(C)c1C(=O)Nc1ccccc1N(C)C. The summed E-state index contributed by atoms with van der Waals surface area (Å²) in [6.45, 7) is 3.74. The van der Waals surface area contributed by atoms with Gasteiger partial charge in [0.15, 0.2) is 0 Å². The number of amides is 1. The zero-order chi connectivity index (χ0) is 14.9. The van der Waals surface area contributed by atoms with Crippen LogP contribution in [0.15, 0.2) is 24.3 Å². The van der Waals surface area contributed by atoms with Crippen LogP contribution in [0.1, 0.15) is 21.7 Å². The Labute approximate surface area is 119 Å². The van der Waals surface area contributed by atoms with Crippen LogP contribution in [0.5, 0.6) is 0 Å². The highest BCUT2D eigenvalue weighted by atomic mass is 16.1. The Kier molecular flexibility index (Phi) is 3.79. The van der Waals surface area contributed by atoms with Crippen LogP contribution in [-0.4, -0.2) is 29.8 Å². The minimum Gasteiger partial charge on any atom is -0.376 e. The van der Waals surface area contributed by atoms with Crippen molar-refractivity contribution >= 4 is 17.3 Å². The van der Waals surface area contributed by atoms with E-state index in [1.807, 2.05) is 64.2 Å². The number of nitrogens with zero attached hydrogens (tertiary/aromatic N) is 3. The summed E-state index contributed by atoms with van der Waals surface area (Å²) in [6.07, 6.45) is 0. The number of hydrogen-bond acceptors (Lipinski definition) is 3. The number of aryl methyl sites for hydroxylation is 2. The Morgan fingerprint density at radius 3 is 2.45 bits per heavy atom. The Morgan fingerprint density at radius 1 is 1.25 bits per heavy atom. The van der Waals surface area contributed by atoms with Gasteiger partial charge in [0.05, 0.1) is 22.6 Å². The van der Waals surface area contributed by atoms with E-state index in [9.17, 15) is 4.79 Å². The first-order valence-corrected chi connectivity index (χ1v) is 6.49. The zero-order valence-corrected chi connectivity index (χ0v) is 12.6. The Balaban J connectivity index is 2.33. The van der Waals surface area contributed by atoms with Crippen LogP contribution in [-0.2, 0) is 7.05 Å². The highest BCUT2D eigenvalue weighted by Gasteiger charge is 2.18. The quantitative estimate of drug-likeness (QED) is 0.933. The fourth-order valence-electron chi connectivity index (χ4n) is 2.26. The number of nitrogens with one attached hydrogen (secondary N) is 1. The van der Waals surface area contributed by atoms with E-state index in [-0.39, 0.29) is 5.91 Å². The van der Waals surface area contributed by atoms with Crippen molar-refractivity contribution in [3.05, 3.63) is 41.2 Å². The molecule has 5 nitrogen and oxygen atoms in total. The summed E-state index contributed by atoms with van der Waals surface area (Å²) in [6, 6.07) is 7.73. The largest absolute Gasteiger partial charge is 0.376 e. The molecule has 0 unspecified atom stereocenters. The van der Waals surface area contributed by atoms with Gasteiger partial charge in [0.2, 0.25) is 0 Å². The molecule has 2 aromatic rings. The first-order valence-electron chi connectivity index (χ1n) is 6.49. The van der Waals surface area contributed by atoms with E-state index >= 15 is 0 Å². The highest BCUT2D eigenvalue weighted by molar-refractivity contribution is 6.07. The van der Waals surface area contributed by atoms with Gasteiger partial charge >= 0.3 is 0 Å². The number of benzene rings is 1. The molecule has 0 atom stereocenters. The van der Waals surface area contributed by atoms with Gasteiger partial charge in [0.1, 0.15) is 0 Å². The first kappa shape index (κ1) is 14.1. The third-order valence-corrected chi connectivity index (χ3v) is 3.37. The molecule has 2 rings (SSSR count). The average molecular weight is 272 g/mol. The van der Waals surface area contributed by atoms with Crippen molar-refractivity contribution in [2.75, 3.05) is 24.3 Å². The molecule has 1 N–H and O–H groups in total. The third kappa shape index (κ3) is 2.52. The first-order chi connectivity index (χ1) is 9.41. The molecule has 0 fully saturated rings. The van der Waals surface area contributed by atoms with Crippen LogP contribution in [0.4, 0.5) is 11.4 Å². The third-order valence-electron chi connectivity index (χ3n) is 3.37. The van der Waals surface area contributed by atoms with Crippen molar-refractivity contribution in [1.82, 2.24) is 9.78 Å². The van der Waals surface area contributed by atoms with E-state index in [0.29, 0.717) is 5.56 Å². The molecule has 0 radical (unpaired) electrons. The molecule has 0 aliphatic rings. The van der Waals surface area contributed by atoms with E-state index in [1.54, 1.807) is 4.68 Å². The van der Waals surface area contributed by atoms with Gasteiger partial charge in [-0.2, -0.15) is 5.10 Å². The Bertz CT molecular complexity index is 643. The molecular formula is C15H20N4O. The number of hydrogen-bond donors (Lipinski definition) is 1. The predicted molar refractivity (Wildman–Crippen MR) is 81.4 cm³/mol. The molecule has 1 aromatic carbocycles. The van der Waals surface area contributed by atoms with Crippen LogP contribution >= 0.6 is 0 Å². The number of carbonyl (C=O) groups is 1. The van der Waals surface area contributed by atoms with Gasteiger partial charge in [0.25, 0.3) is 5.91 Å². The summed E-state index contributed by atoms with van der Waals surface area (Å²) in [5, 5.41) is 7.25. The Morgan fingerprint density at radius 2 is 1.90 bits per heavy atom. The van der Waals surface area contributed by atoms with Crippen molar-refractivity contribution in [1.29, 1.82) is 0 Å². The molecule has 5 heteroatoms. The lowest BCUT2D eigenvalue weighted by atomic mass is 10.1. The summed E-state index contributed by atoms with van der Waals surface area (Å²) in [5.41, 5.74) is 4.01. The molecular weight excluding hydrogens is 252 g/mol. The van der Waals surface area contributed by atoms with Crippen LogP contribution in [0, 0.1) is 13.8 Å². The molecule has 1 aromatic heterocycles. The van der Waals surface area contributed by atoms with E-state index in [4.69, 9.17) is 0 Å². The van der Waals surface area contributed by atoms with Gasteiger partial charge < -0.3 is 10.2 Å². The molecule has 1 heterocycles. The Hall–Kier alpha value is -2.30. The predicted octanol–water partition coefficient (Wildman–Crippen LogP) is 2.36. The van der Waals surface area contributed by atoms with Crippen LogP contribution in [0.3, 0.4) is 0 Å². The topological polar surface area (TPSA) is 50.2 Å². The number of carbonyl (C=O) groups excluding carboxylic acids is 1. The number of rotatable bonds is 3. The van der Waals surface area contributed by atoms with Crippen molar-refractivity contribution in [3.8, 4) is 0 Å². The smallest absolute Gasteiger partial charge is 0.259 e. The lowest BCUT2D eigenvalue weighted by Crippen LogP contribution is -2.17. The maximum Gasteiger partial charge on any atom is 0.259 e. The van der Waals surface area contributed by atoms with Crippen molar-refractivity contribution in [2.24, 2.45) is 7.05 Å². The van der Waals surface area contributed by atoms with E-state index < -0.39 is 0 Å². The highest BCUT2D eigenvalue weighted by Crippen LogP contribution is 2.24. The fourth-order valence-corrected chi connectivity index (χ4v) is 2.26. The molecule has 0 spiro atoms. The normalized spacial score (nSPS) is 10.4. The maximum atomic E-state index is 12.5. The second kappa shape index (κ2) is 5.36. The molecule has 0 aliphatic carbocycles. The molecule has 20 heavy (non-hydrogen) atoms. The lowest BCUT2D eigenvalue weighted by Gasteiger charge is -2.17. The molecule has 1 amide bonds. The summed E-state index contributed by atoms with van der Waals surface area (Å²) < 4.78 is 1.72. The van der Waals surface area contributed by atoms with Gasteiger partial charge in [-0.1, -0.05) is 12.1 Å². The second-order valence-electron chi connectivity index (χ2n) is 5.04. The second-order valence-corrected chi connectivity index (χ2v) is 5.04. The lowest BCUT2D eigenvalue weighted by molar-refractivity contribution is 0.102. The standard InChI is InChI=1S/C15H20N4O/c1-10-14(11(2)19(5)17-10)15(20)16-12-8-6-7-9-13(12)18(3)4/h6-9H,1-5H3,(H,16,20). The minimum absolute atomic E-state index is 0.123. The van der Waals surface area contributed by atoms with E-state index in [0.717, 1.165) is 22.8 Å². The molecule has 0 bridgehead atoms. The number of aromatic nitrogens is 2. The zero-order valence-electron chi connectivity index (χ0n) is 12.6. The van der Waals surface area contributed by atoms with Crippen molar-refractivity contribution in [3.63, 3.8) is 0 Å². The number of para-hydroxylation sites is 2. The van der Waals surface area contributed by atoms with E-state index in [1.165, 1.54) is 0 Å². The molecule has 106 valence electrons. The monoisotopic (exact) mass is 272 g/mol. The van der Waals surface area contributed by atoms with Crippen molar-refractivity contribution < 1.29 is 4.79 Å². The van der Waals surface area contributed by atoms with Crippen LogP contribution < -0.4 is 10.2 Å². The summed E-state index contributed by atoms with van der Waals surface area (Å²) >= 11 is 0. The van der Waals surface area contributed by atoms with E-state index in [2.05, 4.69) is 10.4 Å². The van der Waals surface area contributed by atoms with Crippen LogP contribution in [0.25, 0.3) is 0 Å². The maximum absolute atomic E-state index is 12.5. The van der Waals surface area contributed by atoms with Gasteiger partial charge in [-0.25, -0.2) is 0 Å². The molecule has 0 saturated carbocycles. The minimum atomic E-state index is -0.123. The fraction of sp³-hybridized carbons (Fsp3) is 0.333. The average Bonchev–Trinajstić information content (AvgIpc) is 2.63. The van der Waals surface area contributed by atoms with Crippen molar-refractivity contribution in [2.45, 2.75) is 13.8 Å². The van der Waals surface area contributed by atoms with Gasteiger partial charge in [-0.05, 0) is 26.0 Å².